The lowest BCUT2D eigenvalue weighted by atomic mass is 9.88. The number of pyridine rings is 2. The van der Waals surface area contributed by atoms with Crippen LogP contribution in [0.1, 0.15) is 32.1 Å². The number of aliphatic hydroxyl groups is 1. The third-order valence-electron chi connectivity index (χ3n) is 7.56. The van der Waals surface area contributed by atoms with Gasteiger partial charge in [-0.25, -0.2) is 14.4 Å². The summed E-state index contributed by atoms with van der Waals surface area (Å²) in [6.07, 6.45) is 9.61. The topological polar surface area (TPSA) is 115 Å². The zero-order valence-electron chi connectivity index (χ0n) is 21.3. The molecule has 6 aromatic rings. The fraction of sp³-hybridized carbons (Fsp3) is 0.241. The minimum atomic E-state index is -0.678. The molecule has 202 valence electrons. The first-order valence-electron chi connectivity index (χ1n) is 13.2. The Morgan fingerprint density at radius 1 is 1.02 bits per heavy atom. The summed E-state index contributed by atoms with van der Waals surface area (Å²) in [5.74, 6) is 0.222. The van der Waals surface area contributed by atoms with Gasteiger partial charge in [-0.3, -0.25) is 10.1 Å². The third kappa shape index (κ3) is 4.50. The van der Waals surface area contributed by atoms with E-state index in [1.807, 2.05) is 0 Å². The molecule has 0 spiro atoms. The molecule has 0 bridgehead atoms. The lowest BCUT2D eigenvalue weighted by Crippen LogP contribution is -2.30. The number of benzene rings is 1. The second-order valence-corrected chi connectivity index (χ2v) is 11.2. The second-order valence-electron chi connectivity index (χ2n) is 10.1. The Balaban J connectivity index is 1.25. The average molecular weight is 558 g/mol. The van der Waals surface area contributed by atoms with E-state index in [2.05, 4.69) is 30.5 Å². The van der Waals surface area contributed by atoms with Gasteiger partial charge in [-0.15, -0.1) is 11.3 Å². The predicted octanol–water partition coefficient (Wildman–Crippen LogP) is 6.88. The predicted molar refractivity (Wildman–Crippen MR) is 152 cm³/mol. The van der Waals surface area contributed by atoms with Gasteiger partial charge >= 0.3 is 0 Å². The summed E-state index contributed by atoms with van der Waals surface area (Å²) in [6, 6.07) is 9.85. The summed E-state index contributed by atoms with van der Waals surface area (Å²) in [7, 11) is 0. The van der Waals surface area contributed by atoms with Gasteiger partial charge in [0, 0.05) is 51.3 Å². The fourth-order valence-electron chi connectivity index (χ4n) is 5.53. The maximum absolute atomic E-state index is 15.3. The van der Waals surface area contributed by atoms with Gasteiger partial charge in [0.05, 0.1) is 17.4 Å². The van der Waals surface area contributed by atoms with E-state index in [-0.39, 0.29) is 11.0 Å². The van der Waals surface area contributed by atoms with Crippen LogP contribution >= 0.6 is 11.3 Å². The van der Waals surface area contributed by atoms with Gasteiger partial charge in [-0.2, -0.15) is 9.49 Å². The maximum atomic E-state index is 15.3. The minimum absolute atomic E-state index is 0.191. The van der Waals surface area contributed by atoms with Crippen LogP contribution < -0.4 is 5.32 Å². The van der Waals surface area contributed by atoms with Gasteiger partial charge in [-0.1, -0.05) is 19.3 Å². The lowest BCUT2D eigenvalue weighted by Gasteiger charge is -2.27. The molecule has 1 saturated carbocycles. The maximum Gasteiger partial charge on any atom is 0.176 e. The van der Waals surface area contributed by atoms with Crippen LogP contribution in [-0.2, 0) is 0 Å². The standard InChI is InChI=1S/C29H25F2N7OS/c30-21-12-22-20(11-19(21)16-10-17(14-32-13-16)34-29(39)15-4-2-1-3-5-15)26(38-37-22)28-35-25-18(8-9-33-27(25)36-28)23-6-7-24(31)40-23/h6-15,29,34,39H,1-5H2,(H,37,38)(H,33,35,36). The van der Waals surface area contributed by atoms with E-state index >= 15 is 4.39 Å². The molecule has 1 aliphatic rings. The van der Waals surface area contributed by atoms with E-state index in [4.69, 9.17) is 4.98 Å². The van der Waals surface area contributed by atoms with Gasteiger partial charge < -0.3 is 15.4 Å². The smallest absolute Gasteiger partial charge is 0.176 e. The number of fused-ring (bicyclic) bond motifs is 2. The Kier molecular flexibility index (Phi) is 6.24. The molecule has 8 nitrogen and oxygen atoms in total. The van der Waals surface area contributed by atoms with Gasteiger partial charge in [0.15, 0.2) is 16.6 Å². The lowest BCUT2D eigenvalue weighted by molar-refractivity contribution is 0.109. The van der Waals surface area contributed by atoms with E-state index in [9.17, 15) is 9.50 Å². The number of thiophene rings is 1. The third-order valence-corrected chi connectivity index (χ3v) is 8.47. The van der Waals surface area contributed by atoms with Gasteiger partial charge in [0.2, 0.25) is 0 Å². The molecule has 0 saturated heterocycles. The first-order valence-corrected chi connectivity index (χ1v) is 14.0. The van der Waals surface area contributed by atoms with Gasteiger partial charge in [-0.05, 0) is 43.2 Å². The van der Waals surface area contributed by atoms with Crippen LogP contribution in [0, 0.1) is 16.9 Å². The number of aromatic nitrogens is 6. The van der Waals surface area contributed by atoms with Crippen molar-refractivity contribution >= 4 is 39.1 Å². The van der Waals surface area contributed by atoms with Crippen molar-refractivity contribution in [2.45, 2.75) is 38.3 Å². The Labute approximate surface area is 231 Å². The first kappa shape index (κ1) is 24.8. The summed E-state index contributed by atoms with van der Waals surface area (Å²) < 4.78 is 29.0. The van der Waals surface area contributed by atoms with Crippen molar-refractivity contribution in [1.29, 1.82) is 0 Å². The number of rotatable bonds is 6. The monoisotopic (exact) mass is 557 g/mol. The molecule has 5 aromatic heterocycles. The van der Waals surface area contributed by atoms with E-state index in [0.29, 0.717) is 50.4 Å². The zero-order chi connectivity index (χ0) is 27.2. The Morgan fingerprint density at radius 3 is 2.73 bits per heavy atom. The molecule has 1 fully saturated rings. The number of nitrogens with zero attached hydrogens (tertiary/aromatic N) is 4. The highest BCUT2D eigenvalue weighted by molar-refractivity contribution is 7.14. The second kappa shape index (κ2) is 10.1. The number of anilines is 1. The molecule has 4 N–H and O–H groups in total. The average Bonchev–Trinajstić information content (AvgIpc) is 3.70. The Bertz CT molecular complexity index is 1840. The minimum Gasteiger partial charge on any atom is -0.374 e. The molecule has 5 heterocycles. The highest BCUT2D eigenvalue weighted by Gasteiger charge is 2.22. The quantitative estimate of drug-likeness (QED) is 0.166. The van der Waals surface area contributed by atoms with Crippen LogP contribution in [0.25, 0.3) is 55.2 Å². The van der Waals surface area contributed by atoms with Gasteiger partial charge in [0.1, 0.15) is 23.3 Å². The molecule has 1 aliphatic carbocycles. The van der Waals surface area contributed by atoms with Crippen LogP contribution in [0.3, 0.4) is 0 Å². The van der Waals surface area contributed by atoms with Crippen LogP contribution in [-0.4, -0.2) is 41.5 Å². The number of H-pyrrole nitrogens is 2. The van der Waals surface area contributed by atoms with Crippen molar-refractivity contribution in [3.05, 3.63) is 65.9 Å². The summed E-state index contributed by atoms with van der Waals surface area (Å²) in [6.45, 7) is 0. The van der Waals surface area contributed by atoms with Crippen LogP contribution in [0.15, 0.2) is 55.0 Å². The summed E-state index contributed by atoms with van der Waals surface area (Å²) >= 11 is 1.04. The molecule has 1 aromatic carbocycles. The highest BCUT2D eigenvalue weighted by atomic mass is 32.1. The molecule has 11 heteroatoms. The van der Waals surface area contributed by atoms with Crippen molar-refractivity contribution in [2.75, 3.05) is 5.32 Å². The van der Waals surface area contributed by atoms with Crippen molar-refractivity contribution in [1.82, 2.24) is 30.1 Å². The number of hydrogen-bond donors (Lipinski definition) is 4. The van der Waals surface area contributed by atoms with E-state index in [1.54, 1.807) is 42.9 Å². The fourth-order valence-corrected chi connectivity index (χ4v) is 6.28. The molecule has 1 atom stereocenters. The number of halogens is 2. The van der Waals surface area contributed by atoms with Crippen molar-refractivity contribution in [3.63, 3.8) is 0 Å². The van der Waals surface area contributed by atoms with Crippen LogP contribution in [0.5, 0.6) is 0 Å². The molecule has 0 radical (unpaired) electrons. The zero-order valence-corrected chi connectivity index (χ0v) is 22.1. The molecule has 1 unspecified atom stereocenters. The molecule has 0 aliphatic heterocycles. The van der Waals surface area contributed by atoms with E-state index < -0.39 is 12.0 Å². The Hall–Kier alpha value is -4.22. The summed E-state index contributed by atoms with van der Waals surface area (Å²) in [4.78, 5) is 17.4. The van der Waals surface area contributed by atoms with Crippen LogP contribution in [0.4, 0.5) is 14.5 Å². The van der Waals surface area contributed by atoms with Crippen molar-refractivity contribution in [2.24, 2.45) is 5.92 Å². The molecule has 7 rings (SSSR count). The van der Waals surface area contributed by atoms with Crippen molar-refractivity contribution in [3.8, 4) is 33.1 Å². The molecule has 40 heavy (non-hydrogen) atoms. The van der Waals surface area contributed by atoms with E-state index in [0.717, 1.165) is 47.5 Å². The number of aliphatic hydroxyl groups excluding tert-OH is 1. The van der Waals surface area contributed by atoms with Gasteiger partial charge in [0.25, 0.3) is 0 Å². The Morgan fingerprint density at radius 2 is 1.90 bits per heavy atom. The van der Waals surface area contributed by atoms with Crippen molar-refractivity contribution < 1.29 is 13.9 Å². The number of imidazole rings is 1. The number of aromatic amines is 2. The SMILES string of the molecule is OC(Nc1cncc(-c2cc3c(-c4nc5c(-c6ccc(F)s6)ccnc5[nH]4)n[nH]c3cc2F)c1)C1CCCCC1. The molecule has 0 amide bonds. The normalized spacial score (nSPS) is 15.2. The highest BCUT2D eigenvalue weighted by Crippen LogP contribution is 2.36. The van der Waals surface area contributed by atoms with E-state index in [1.165, 1.54) is 18.6 Å². The number of nitrogens with one attached hydrogen (secondary N) is 3. The number of hydrogen-bond acceptors (Lipinski definition) is 7. The summed E-state index contributed by atoms with van der Waals surface area (Å²) in [5, 5.41) is 21.6. The largest absolute Gasteiger partial charge is 0.374 e. The first-order chi connectivity index (χ1) is 19.5. The van der Waals surface area contributed by atoms with Crippen LogP contribution in [0.2, 0.25) is 0 Å². The molecular formula is C29H25F2N7OS. The molecular weight excluding hydrogens is 532 g/mol. The summed E-state index contributed by atoms with van der Waals surface area (Å²) in [5.41, 5.74) is 4.47.